The molecule has 3 atom stereocenters. The summed E-state index contributed by atoms with van der Waals surface area (Å²) < 4.78 is 14.2. The maximum Gasteiger partial charge on any atom is 0.123 e. The van der Waals surface area contributed by atoms with E-state index < -0.39 is 5.67 Å². The Hall–Kier alpha value is -3.29. The van der Waals surface area contributed by atoms with Crippen LogP contribution < -0.4 is 10.6 Å². The highest BCUT2D eigenvalue weighted by Gasteiger charge is 2.36. The zero-order chi connectivity index (χ0) is 23.1. The number of nitrogens with zero attached hydrogens (tertiary/aromatic N) is 2. The number of aromatic nitrogens is 4. The third-order valence-corrected chi connectivity index (χ3v) is 6.98. The second kappa shape index (κ2) is 8.49. The van der Waals surface area contributed by atoms with Gasteiger partial charge in [0.2, 0.25) is 0 Å². The van der Waals surface area contributed by atoms with E-state index in [9.17, 15) is 4.39 Å². The third kappa shape index (κ3) is 4.17. The quantitative estimate of drug-likeness (QED) is 0.328. The van der Waals surface area contributed by atoms with Crippen LogP contribution in [0, 0.1) is 0 Å². The molecule has 0 spiro atoms. The Morgan fingerprint density at radius 1 is 0.765 bits per heavy atom. The van der Waals surface area contributed by atoms with E-state index in [-0.39, 0.29) is 6.04 Å². The van der Waals surface area contributed by atoms with Gasteiger partial charge in [0.1, 0.15) is 17.3 Å². The number of rotatable bonds is 5. The third-order valence-electron chi connectivity index (χ3n) is 6.98. The molecule has 0 amide bonds. The van der Waals surface area contributed by atoms with Gasteiger partial charge in [0.05, 0.1) is 35.9 Å². The van der Waals surface area contributed by atoms with E-state index in [0.29, 0.717) is 19.0 Å². The standard InChI is InChI=1S/C27H29FN6/c1-27(28)13-22(32-16-27)26-31-15-24(34-26)20-10-6-18(7-11-20)17-4-8-19(9-5-17)23-14-30-25(33-23)21-3-2-12-29-21/h4-11,14-15,21-22,29,32H,2-3,12-13,16H2,1H3,(H,30,33)(H,31,34)/t21-,22-,27?/m0/s1. The summed E-state index contributed by atoms with van der Waals surface area (Å²) in [5.41, 5.74) is 5.32. The lowest BCUT2D eigenvalue weighted by Crippen LogP contribution is -2.21. The van der Waals surface area contributed by atoms with Crippen LogP contribution in [0.4, 0.5) is 4.39 Å². The molecule has 2 saturated heterocycles. The van der Waals surface area contributed by atoms with Crippen molar-refractivity contribution >= 4 is 0 Å². The van der Waals surface area contributed by atoms with Crippen LogP contribution in [0.2, 0.25) is 0 Å². The molecule has 2 fully saturated rings. The predicted molar refractivity (Wildman–Crippen MR) is 132 cm³/mol. The summed E-state index contributed by atoms with van der Waals surface area (Å²) in [5.74, 6) is 1.82. The Labute approximate surface area is 198 Å². The zero-order valence-electron chi connectivity index (χ0n) is 19.2. The lowest BCUT2D eigenvalue weighted by molar-refractivity contribution is 0.213. The van der Waals surface area contributed by atoms with Gasteiger partial charge < -0.3 is 20.6 Å². The van der Waals surface area contributed by atoms with Crippen molar-refractivity contribution in [2.24, 2.45) is 0 Å². The number of H-pyrrole nitrogens is 2. The van der Waals surface area contributed by atoms with Crippen molar-refractivity contribution in [3.8, 4) is 33.6 Å². The van der Waals surface area contributed by atoms with Crippen LogP contribution in [-0.2, 0) is 0 Å². The molecule has 7 heteroatoms. The van der Waals surface area contributed by atoms with Gasteiger partial charge in [0.25, 0.3) is 0 Å². The van der Waals surface area contributed by atoms with Gasteiger partial charge in [-0.2, -0.15) is 0 Å². The molecular weight excluding hydrogens is 427 g/mol. The van der Waals surface area contributed by atoms with E-state index >= 15 is 0 Å². The Bertz CT molecular complexity index is 1270. The highest BCUT2D eigenvalue weighted by molar-refractivity contribution is 5.71. The molecule has 6 rings (SSSR count). The number of imidazole rings is 2. The van der Waals surface area contributed by atoms with Crippen molar-refractivity contribution in [2.75, 3.05) is 13.1 Å². The summed E-state index contributed by atoms with van der Waals surface area (Å²) in [6.07, 6.45) is 6.52. The van der Waals surface area contributed by atoms with Gasteiger partial charge in [0, 0.05) is 13.0 Å². The average Bonchev–Trinajstić information content (AvgIpc) is 3.66. The number of hydrogen-bond donors (Lipinski definition) is 4. The molecule has 34 heavy (non-hydrogen) atoms. The topological polar surface area (TPSA) is 81.4 Å². The monoisotopic (exact) mass is 456 g/mol. The molecule has 2 aliphatic heterocycles. The first-order valence-electron chi connectivity index (χ1n) is 12.0. The summed E-state index contributed by atoms with van der Waals surface area (Å²) in [7, 11) is 0. The van der Waals surface area contributed by atoms with Crippen molar-refractivity contribution < 1.29 is 4.39 Å². The smallest absolute Gasteiger partial charge is 0.123 e. The fraction of sp³-hybridized carbons (Fsp3) is 0.333. The van der Waals surface area contributed by atoms with Crippen molar-refractivity contribution in [1.29, 1.82) is 0 Å². The summed E-state index contributed by atoms with van der Waals surface area (Å²) >= 11 is 0. The first kappa shape index (κ1) is 21.3. The molecule has 0 saturated carbocycles. The molecule has 2 aliphatic rings. The Morgan fingerprint density at radius 2 is 1.29 bits per heavy atom. The maximum absolute atomic E-state index is 14.2. The number of alkyl halides is 1. The van der Waals surface area contributed by atoms with Gasteiger partial charge in [-0.05, 0) is 48.6 Å². The van der Waals surface area contributed by atoms with Crippen molar-refractivity contribution in [2.45, 2.75) is 43.9 Å². The largest absolute Gasteiger partial charge is 0.341 e. The van der Waals surface area contributed by atoms with Crippen molar-refractivity contribution in [3.63, 3.8) is 0 Å². The van der Waals surface area contributed by atoms with E-state index in [4.69, 9.17) is 0 Å². The highest BCUT2D eigenvalue weighted by Crippen LogP contribution is 2.33. The first-order chi connectivity index (χ1) is 16.5. The normalized spacial score (nSPS) is 24.6. The number of nitrogens with one attached hydrogen (secondary N) is 4. The van der Waals surface area contributed by atoms with E-state index in [0.717, 1.165) is 58.3 Å². The summed E-state index contributed by atoms with van der Waals surface area (Å²) in [6, 6.07) is 17.3. The molecule has 4 aromatic rings. The molecule has 174 valence electrons. The Balaban J connectivity index is 1.15. The van der Waals surface area contributed by atoms with Crippen LogP contribution >= 0.6 is 0 Å². The van der Waals surface area contributed by atoms with Gasteiger partial charge in [-0.3, -0.25) is 0 Å². The molecule has 2 aromatic carbocycles. The SMILES string of the molecule is CC1(F)CN[C@H](c2ncc(-c3ccc(-c4ccc(-c5cnc([C@@H]6CCCN6)[nH]5)cc4)cc3)[nH]2)C1. The van der Waals surface area contributed by atoms with Gasteiger partial charge in [0.15, 0.2) is 0 Å². The molecule has 0 radical (unpaired) electrons. The van der Waals surface area contributed by atoms with Gasteiger partial charge in [-0.25, -0.2) is 14.4 Å². The van der Waals surface area contributed by atoms with Gasteiger partial charge >= 0.3 is 0 Å². The minimum absolute atomic E-state index is 0.0677. The van der Waals surface area contributed by atoms with Crippen LogP contribution in [-0.4, -0.2) is 38.7 Å². The molecule has 6 nitrogen and oxygen atoms in total. The molecule has 4 heterocycles. The second-order valence-electron chi connectivity index (χ2n) is 9.72. The second-order valence-corrected chi connectivity index (χ2v) is 9.72. The maximum atomic E-state index is 14.2. The van der Waals surface area contributed by atoms with E-state index in [1.54, 1.807) is 6.92 Å². The van der Waals surface area contributed by atoms with Crippen LogP contribution in [0.5, 0.6) is 0 Å². The lowest BCUT2D eigenvalue weighted by atomic mass is 10.0. The van der Waals surface area contributed by atoms with E-state index in [1.165, 1.54) is 6.42 Å². The highest BCUT2D eigenvalue weighted by atomic mass is 19.1. The Kier molecular flexibility index (Phi) is 5.31. The van der Waals surface area contributed by atoms with E-state index in [1.807, 2.05) is 12.4 Å². The molecule has 4 N–H and O–H groups in total. The number of hydrogen-bond acceptors (Lipinski definition) is 4. The number of halogens is 1. The Morgan fingerprint density at radius 3 is 1.76 bits per heavy atom. The molecule has 2 aromatic heterocycles. The van der Waals surface area contributed by atoms with Gasteiger partial charge in [-0.15, -0.1) is 0 Å². The summed E-state index contributed by atoms with van der Waals surface area (Å²) in [4.78, 5) is 15.9. The van der Waals surface area contributed by atoms with Crippen molar-refractivity contribution in [1.82, 2.24) is 30.6 Å². The number of benzene rings is 2. The van der Waals surface area contributed by atoms with Crippen molar-refractivity contribution in [3.05, 3.63) is 72.6 Å². The minimum atomic E-state index is -1.18. The average molecular weight is 457 g/mol. The fourth-order valence-corrected chi connectivity index (χ4v) is 5.02. The van der Waals surface area contributed by atoms with Crippen LogP contribution in [0.1, 0.15) is 49.9 Å². The predicted octanol–water partition coefficient (Wildman–Crippen LogP) is 5.32. The van der Waals surface area contributed by atoms with Gasteiger partial charge in [-0.1, -0.05) is 48.5 Å². The molecule has 1 unspecified atom stereocenters. The minimum Gasteiger partial charge on any atom is -0.341 e. The number of aromatic amines is 2. The first-order valence-corrected chi connectivity index (χ1v) is 12.0. The summed E-state index contributed by atoms with van der Waals surface area (Å²) in [6.45, 7) is 3.06. The zero-order valence-corrected chi connectivity index (χ0v) is 19.2. The van der Waals surface area contributed by atoms with Crippen LogP contribution in [0.25, 0.3) is 33.6 Å². The van der Waals surface area contributed by atoms with Crippen LogP contribution in [0.15, 0.2) is 60.9 Å². The molecule has 0 aliphatic carbocycles. The van der Waals surface area contributed by atoms with Crippen LogP contribution in [0.3, 0.4) is 0 Å². The molecular formula is C27H29FN6. The van der Waals surface area contributed by atoms with E-state index in [2.05, 4.69) is 79.1 Å². The fourth-order valence-electron chi connectivity index (χ4n) is 5.02. The lowest BCUT2D eigenvalue weighted by Gasteiger charge is -2.10. The molecule has 0 bridgehead atoms. The summed E-state index contributed by atoms with van der Waals surface area (Å²) in [5, 5.41) is 6.70.